The Morgan fingerprint density at radius 3 is 2.29 bits per heavy atom. The fourth-order valence-corrected chi connectivity index (χ4v) is 2.16. The Morgan fingerprint density at radius 2 is 1.76 bits per heavy atom. The van der Waals surface area contributed by atoms with Gasteiger partial charge in [-0.3, -0.25) is 9.89 Å². The van der Waals surface area contributed by atoms with Crippen LogP contribution in [0.2, 0.25) is 0 Å². The van der Waals surface area contributed by atoms with Crippen LogP contribution in [0.5, 0.6) is 0 Å². The molecule has 21 heavy (non-hydrogen) atoms. The van der Waals surface area contributed by atoms with E-state index in [4.69, 9.17) is 0 Å². The van der Waals surface area contributed by atoms with E-state index in [1.54, 1.807) is 19.0 Å². The van der Waals surface area contributed by atoms with Gasteiger partial charge in [0, 0.05) is 33.8 Å². The maximum Gasteiger partial charge on any atom is 0.226 e. The van der Waals surface area contributed by atoms with E-state index in [0.29, 0.717) is 6.42 Å². The third-order valence-electron chi connectivity index (χ3n) is 3.44. The first-order valence-electron chi connectivity index (χ1n) is 6.92. The van der Waals surface area contributed by atoms with Crippen molar-refractivity contribution in [3.63, 3.8) is 0 Å². The Bertz CT molecular complexity index is 626. The molecule has 5 nitrogen and oxygen atoms in total. The third kappa shape index (κ3) is 3.24. The molecule has 0 spiro atoms. The maximum absolute atomic E-state index is 12.1. The molecule has 0 bridgehead atoms. The summed E-state index contributed by atoms with van der Waals surface area (Å²) in [5.41, 5.74) is 4.09. The van der Waals surface area contributed by atoms with Gasteiger partial charge < -0.3 is 9.80 Å². The highest BCUT2D eigenvalue weighted by Crippen LogP contribution is 2.29. The molecule has 2 rings (SSSR count). The van der Waals surface area contributed by atoms with Crippen LogP contribution in [-0.2, 0) is 11.2 Å². The lowest BCUT2D eigenvalue weighted by molar-refractivity contribution is -0.127. The molecule has 1 aromatic carbocycles. The molecule has 1 aromatic heterocycles. The van der Waals surface area contributed by atoms with Gasteiger partial charge >= 0.3 is 0 Å². The zero-order valence-corrected chi connectivity index (χ0v) is 13.3. The maximum atomic E-state index is 12.1. The summed E-state index contributed by atoms with van der Waals surface area (Å²) < 4.78 is 0. The van der Waals surface area contributed by atoms with Gasteiger partial charge in [0.2, 0.25) is 5.91 Å². The lowest BCUT2D eigenvalue weighted by atomic mass is 10.0. The van der Waals surface area contributed by atoms with Crippen LogP contribution in [0.15, 0.2) is 24.3 Å². The first kappa shape index (κ1) is 15.1. The molecule has 1 heterocycles. The quantitative estimate of drug-likeness (QED) is 0.936. The van der Waals surface area contributed by atoms with Crippen molar-refractivity contribution in [3.05, 3.63) is 35.4 Å². The molecule has 5 heteroatoms. The first-order valence-corrected chi connectivity index (χ1v) is 6.92. The van der Waals surface area contributed by atoms with Crippen LogP contribution in [0.4, 0.5) is 5.82 Å². The predicted octanol–water partition coefficient (Wildman–Crippen LogP) is 2.08. The number of hydrogen-bond donors (Lipinski definition) is 1. The van der Waals surface area contributed by atoms with Gasteiger partial charge in [-0.05, 0) is 12.5 Å². The number of carbonyl (C=O) groups is 1. The van der Waals surface area contributed by atoms with E-state index in [1.165, 1.54) is 5.56 Å². The predicted molar refractivity (Wildman–Crippen MR) is 85.5 cm³/mol. The van der Waals surface area contributed by atoms with Crippen LogP contribution in [0.3, 0.4) is 0 Å². The molecule has 0 saturated heterocycles. The first-order chi connectivity index (χ1) is 9.90. The minimum atomic E-state index is 0.0628. The molecular formula is C16H22N4O. The summed E-state index contributed by atoms with van der Waals surface area (Å²) in [6.07, 6.45) is 0.334. The molecule has 0 aliphatic carbocycles. The van der Waals surface area contributed by atoms with Crippen molar-refractivity contribution in [1.82, 2.24) is 15.1 Å². The second kappa shape index (κ2) is 5.99. The van der Waals surface area contributed by atoms with Crippen LogP contribution in [0.25, 0.3) is 11.3 Å². The number of aryl methyl sites for hydroxylation is 1. The van der Waals surface area contributed by atoms with Crippen LogP contribution in [-0.4, -0.2) is 49.2 Å². The molecule has 0 aliphatic rings. The summed E-state index contributed by atoms with van der Waals surface area (Å²) in [4.78, 5) is 15.6. The standard InChI is InChI=1S/C16H22N4O/c1-11-6-8-12(9-7-11)15-13(10-14(21)19(2)3)16(18-17-15)20(4)5/h6-9H,10H2,1-5H3,(H,17,18). The summed E-state index contributed by atoms with van der Waals surface area (Å²) in [7, 11) is 7.39. The van der Waals surface area contributed by atoms with Gasteiger partial charge in [-0.15, -0.1) is 0 Å². The Labute approximate surface area is 125 Å². The van der Waals surface area contributed by atoms with Crippen molar-refractivity contribution in [2.24, 2.45) is 0 Å². The third-order valence-corrected chi connectivity index (χ3v) is 3.44. The number of rotatable bonds is 4. The number of nitrogens with zero attached hydrogens (tertiary/aromatic N) is 3. The molecule has 1 N–H and O–H groups in total. The van der Waals surface area contributed by atoms with Gasteiger partial charge in [0.1, 0.15) is 0 Å². The topological polar surface area (TPSA) is 52.2 Å². The highest BCUT2D eigenvalue weighted by atomic mass is 16.2. The molecule has 0 fully saturated rings. The number of benzene rings is 1. The molecule has 0 aliphatic heterocycles. The van der Waals surface area contributed by atoms with Gasteiger partial charge in [-0.1, -0.05) is 29.8 Å². The van der Waals surface area contributed by atoms with Gasteiger partial charge in [-0.25, -0.2) is 0 Å². The fourth-order valence-electron chi connectivity index (χ4n) is 2.16. The summed E-state index contributed by atoms with van der Waals surface area (Å²) in [6.45, 7) is 2.05. The second-order valence-corrected chi connectivity index (χ2v) is 5.63. The average Bonchev–Trinajstić information content (AvgIpc) is 2.83. The van der Waals surface area contributed by atoms with Gasteiger partial charge in [-0.2, -0.15) is 5.10 Å². The fraction of sp³-hybridized carbons (Fsp3) is 0.375. The number of hydrogen-bond acceptors (Lipinski definition) is 3. The van der Waals surface area contributed by atoms with E-state index in [1.807, 2.05) is 31.1 Å². The van der Waals surface area contributed by atoms with Crippen molar-refractivity contribution in [3.8, 4) is 11.3 Å². The van der Waals surface area contributed by atoms with Crippen molar-refractivity contribution in [2.75, 3.05) is 33.1 Å². The minimum Gasteiger partial charge on any atom is -0.361 e. The summed E-state index contributed by atoms with van der Waals surface area (Å²) in [5.74, 6) is 0.869. The van der Waals surface area contributed by atoms with Crippen molar-refractivity contribution in [2.45, 2.75) is 13.3 Å². The van der Waals surface area contributed by atoms with Crippen LogP contribution in [0, 0.1) is 6.92 Å². The molecule has 0 unspecified atom stereocenters. The number of anilines is 1. The van der Waals surface area contributed by atoms with E-state index in [0.717, 1.165) is 22.6 Å². The molecule has 0 radical (unpaired) electrons. The van der Waals surface area contributed by atoms with Crippen molar-refractivity contribution in [1.29, 1.82) is 0 Å². The van der Waals surface area contributed by atoms with E-state index in [9.17, 15) is 4.79 Å². The number of nitrogens with one attached hydrogen (secondary N) is 1. The molecular weight excluding hydrogens is 264 g/mol. The zero-order valence-electron chi connectivity index (χ0n) is 13.3. The van der Waals surface area contributed by atoms with Gasteiger partial charge in [0.15, 0.2) is 5.82 Å². The molecule has 0 atom stereocenters. The van der Waals surface area contributed by atoms with Crippen LogP contribution < -0.4 is 4.90 Å². The van der Waals surface area contributed by atoms with Crippen molar-refractivity contribution < 1.29 is 4.79 Å². The smallest absolute Gasteiger partial charge is 0.226 e. The monoisotopic (exact) mass is 286 g/mol. The largest absolute Gasteiger partial charge is 0.361 e. The number of aromatic nitrogens is 2. The normalized spacial score (nSPS) is 10.5. The van der Waals surface area contributed by atoms with E-state index < -0.39 is 0 Å². The lowest BCUT2D eigenvalue weighted by Gasteiger charge is -2.14. The number of likely N-dealkylation sites (N-methyl/N-ethyl adjacent to an activating group) is 1. The second-order valence-electron chi connectivity index (χ2n) is 5.63. The molecule has 0 saturated carbocycles. The zero-order chi connectivity index (χ0) is 15.6. The highest BCUT2D eigenvalue weighted by Gasteiger charge is 2.19. The van der Waals surface area contributed by atoms with Crippen LogP contribution >= 0.6 is 0 Å². The number of H-pyrrole nitrogens is 1. The Kier molecular flexibility index (Phi) is 4.31. The summed E-state index contributed by atoms with van der Waals surface area (Å²) in [5, 5.41) is 7.43. The minimum absolute atomic E-state index is 0.0628. The number of amides is 1. The van der Waals surface area contributed by atoms with Gasteiger partial charge in [0.05, 0.1) is 12.1 Å². The number of carbonyl (C=O) groups excluding carboxylic acids is 1. The average molecular weight is 286 g/mol. The lowest BCUT2D eigenvalue weighted by Crippen LogP contribution is -2.24. The summed E-state index contributed by atoms with van der Waals surface area (Å²) >= 11 is 0. The van der Waals surface area contributed by atoms with Gasteiger partial charge in [0.25, 0.3) is 0 Å². The molecule has 112 valence electrons. The van der Waals surface area contributed by atoms with E-state index in [2.05, 4.69) is 29.3 Å². The van der Waals surface area contributed by atoms with E-state index >= 15 is 0 Å². The molecule has 2 aromatic rings. The Morgan fingerprint density at radius 1 is 1.14 bits per heavy atom. The van der Waals surface area contributed by atoms with Crippen molar-refractivity contribution >= 4 is 11.7 Å². The highest BCUT2D eigenvalue weighted by molar-refractivity contribution is 5.83. The SMILES string of the molecule is Cc1ccc(-c2[nH]nc(N(C)C)c2CC(=O)N(C)C)cc1. The van der Waals surface area contributed by atoms with Crippen LogP contribution in [0.1, 0.15) is 11.1 Å². The number of aromatic amines is 1. The summed E-state index contributed by atoms with van der Waals surface area (Å²) in [6, 6.07) is 8.21. The van der Waals surface area contributed by atoms with E-state index in [-0.39, 0.29) is 5.91 Å². The Balaban J connectivity index is 2.46. The molecule has 1 amide bonds. The Hall–Kier alpha value is -2.30.